The highest BCUT2D eigenvalue weighted by molar-refractivity contribution is 5.51. The van der Waals surface area contributed by atoms with E-state index in [0.29, 0.717) is 5.69 Å². The van der Waals surface area contributed by atoms with Crippen molar-refractivity contribution in [2.24, 2.45) is 0 Å². The topological polar surface area (TPSA) is 50.9 Å². The van der Waals surface area contributed by atoms with E-state index >= 15 is 0 Å². The average Bonchev–Trinajstić information content (AvgIpc) is 2.40. The van der Waals surface area contributed by atoms with E-state index in [2.05, 4.69) is 41.5 Å². The largest absolute Gasteiger partial charge is 0.397 e. The molecule has 3 nitrogen and oxygen atoms in total. The summed E-state index contributed by atoms with van der Waals surface area (Å²) in [5.74, 6) is 0.895. The summed E-state index contributed by atoms with van der Waals surface area (Å²) in [6, 6.07) is 10.7. The number of hydrogen-bond acceptors (Lipinski definition) is 3. The van der Waals surface area contributed by atoms with Crippen LogP contribution < -0.4 is 11.1 Å². The highest BCUT2D eigenvalue weighted by Gasteiger charge is 2.00. The molecule has 19 heavy (non-hydrogen) atoms. The van der Waals surface area contributed by atoms with Crippen molar-refractivity contribution >= 4 is 11.5 Å². The van der Waals surface area contributed by atoms with Gasteiger partial charge in [-0.15, -0.1) is 0 Å². The van der Waals surface area contributed by atoms with Crippen molar-refractivity contribution < 1.29 is 0 Å². The average molecular weight is 255 g/mol. The minimum atomic E-state index is 0.701. The van der Waals surface area contributed by atoms with Gasteiger partial charge in [-0.3, -0.25) is 0 Å². The number of nitrogens with one attached hydrogen (secondary N) is 1. The summed E-state index contributed by atoms with van der Waals surface area (Å²) in [5, 5.41) is 3.34. The van der Waals surface area contributed by atoms with Crippen molar-refractivity contribution in [2.75, 3.05) is 11.1 Å². The van der Waals surface area contributed by atoms with Crippen LogP contribution in [0.25, 0.3) is 0 Å². The van der Waals surface area contributed by atoms with Crippen LogP contribution in [0.2, 0.25) is 0 Å². The summed E-state index contributed by atoms with van der Waals surface area (Å²) in [5.41, 5.74) is 10.1. The lowest BCUT2D eigenvalue weighted by Gasteiger charge is -2.09. The molecule has 1 aromatic carbocycles. The first kappa shape index (κ1) is 13.4. The molecule has 3 heteroatoms. The fraction of sp³-hybridized carbons (Fsp3) is 0.312. The van der Waals surface area contributed by atoms with Crippen LogP contribution in [0.1, 0.15) is 30.0 Å². The van der Waals surface area contributed by atoms with E-state index in [4.69, 9.17) is 5.73 Å². The Morgan fingerprint density at radius 3 is 2.47 bits per heavy atom. The van der Waals surface area contributed by atoms with Crippen LogP contribution in [-0.2, 0) is 13.0 Å². The van der Waals surface area contributed by atoms with Crippen molar-refractivity contribution in [2.45, 2.75) is 33.2 Å². The molecule has 0 aliphatic rings. The number of aromatic nitrogens is 1. The summed E-state index contributed by atoms with van der Waals surface area (Å²) in [7, 11) is 0. The maximum Gasteiger partial charge on any atom is 0.129 e. The van der Waals surface area contributed by atoms with Gasteiger partial charge >= 0.3 is 0 Å². The van der Waals surface area contributed by atoms with Gasteiger partial charge in [0.1, 0.15) is 5.82 Å². The maximum absolute atomic E-state index is 5.69. The van der Waals surface area contributed by atoms with Gasteiger partial charge in [-0.05, 0) is 36.1 Å². The van der Waals surface area contributed by atoms with Crippen molar-refractivity contribution in [3.63, 3.8) is 0 Å². The zero-order valence-electron chi connectivity index (χ0n) is 11.6. The van der Waals surface area contributed by atoms with Crippen LogP contribution in [0.15, 0.2) is 36.5 Å². The van der Waals surface area contributed by atoms with Gasteiger partial charge in [-0.2, -0.15) is 0 Å². The van der Waals surface area contributed by atoms with Crippen LogP contribution in [-0.4, -0.2) is 4.98 Å². The molecule has 0 radical (unpaired) electrons. The SMILES string of the molecule is CCCc1ccc(CNc2ncc(N)cc2C)cc1. The number of aryl methyl sites for hydroxylation is 2. The maximum atomic E-state index is 5.69. The highest BCUT2D eigenvalue weighted by atomic mass is 15.0. The van der Waals surface area contributed by atoms with E-state index in [-0.39, 0.29) is 0 Å². The number of hydrogen-bond donors (Lipinski definition) is 2. The monoisotopic (exact) mass is 255 g/mol. The van der Waals surface area contributed by atoms with Crippen molar-refractivity contribution in [3.05, 3.63) is 53.2 Å². The number of anilines is 2. The Morgan fingerprint density at radius 2 is 1.84 bits per heavy atom. The van der Waals surface area contributed by atoms with Gasteiger partial charge in [0, 0.05) is 6.54 Å². The molecular weight excluding hydrogens is 234 g/mol. The van der Waals surface area contributed by atoms with Crippen LogP contribution in [0.3, 0.4) is 0 Å². The Balaban J connectivity index is 1.98. The molecule has 0 spiro atoms. The van der Waals surface area contributed by atoms with E-state index in [9.17, 15) is 0 Å². The molecule has 0 fully saturated rings. The highest BCUT2D eigenvalue weighted by Crippen LogP contribution is 2.15. The predicted molar refractivity (Wildman–Crippen MR) is 81.2 cm³/mol. The molecule has 2 aromatic rings. The minimum Gasteiger partial charge on any atom is -0.397 e. The lowest BCUT2D eigenvalue weighted by molar-refractivity contribution is 0.920. The molecule has 3 N–H and O–H groups in total. The first-order valence-electron chi connectivity index (χ1n) is 6.73. The first-order chi connectivity index (χ1) is 9.19. The van der Waals surface area contributed by atoms with Crippen LogP contribution in [0.4, 0.5) is 11.5 Å². The zero-order chi connectivity index (χ0) is 13.7. The third-order valence-corrected chi connectivity index (χ3v) is 3.12. The normalized spacial score (nSPS) is 10.4. The van der Waals surface area contributed by atoms with E-state index in [1.165, 1.54) is 17.5 Å². The molecule has 0 saturated carbocycles. The van der Waals surface area contributed by atoms with Gasteiger partial charge < -0.3 is 11.1 Å². The Labute approximate surface area is 114 Å². The smallest absolute Gasteiger partial charge is 0.129 e. The molecule has 0 aliphatic carbocycles. The fourth-order valence-corrected chi connectivity index (χ4v) is 2.08. The second kappa shape index (κ2) is 6.23. The standard InChI is InChI=1S/C16H21N3/c1-3-4-13-5-7-14(8-6-13)10-18-16-12(2)9-15(17)11-19-16/h5-9,11H,3-4,10,17H2,1-2H3,(H,18,19). The van der Waals surface area contributed by atoms with Crippen molar-refractivity contribution in [1.29, 1.82) is 0 Å². The molecule has 0 unspecified atom stereocenters. The van der Waals surface area contributed by atoms with Gasteiger partial charge in [-0.25, -0.2) is 4.98 Å². The van der Waals surface area contributed by atoms with Crippen LogP contribution >= 0.6 is 0 Å². The molecule has 0 bridgehead atoms. The lowest BCUT2D eigenvalue weighted by atomic mass is 10.1. The van der Waals surface area contributed by atoms with Gasteiger partial charge in [0.15, 0.2) is 0 Å². The number of nitrogens with two attached hydrogens (primary N) is 1. The molecule has 0 amide bonds. The predicted octanol–water partition coefficient (Wildman–Crippen LogP) is 3.54. The van der Waals surface area contributed by atoms with Crippen molar-refractivity contribution in [3.8, 4) is 0 Å². The number of rotatable bonds is 5. The second-order valence-electron chi connectivity index (χ2n) is 4.85. The Kier molecular flexibility index (Phi) is 4.39. The van der Waals surface area contributed by atoms with E-state index < -0.39 is 0 Å². The van der Waals surface area contributed by atoms with Gasteiger partial charge in [0.2, 0.25) is 0 Å². The van der Waals surface area contributed by atoms with Crippen LogP contribution in [0.5, 0.6) is 0 Å². The molecule has 0 aliphatic heterocycles. The van der Waals surface area contributed by atoms with E-state index in [1.54, 1.807) is 6.20 Å². The summed E-state index contributed by atoms with van der Waals surface area (Å²) >= 11 is 0. The van der Waals surface area contributed by atoms with Gasteiger partial charge in [-0.1, -0.05) is 37.6 Å². The molecular formula is C16H21N3. The number of benzene rings is 1. The number of nitrogens with zero attached hydrogens (tertiary/aromatic N) is 1. The quantitative estimate of drug-likeness (QED) is 0.859. The summed E-state index contributed by atoms with van der Waals surface area (Å²) in [6.07, 6.45) is 4.01. The Hall–Kier alpha value is -2.03. The number of pyridine rings is 1. The Morgan fingerprint density at radius 1 is 1.16 bits per heavy atom. The van der Waals surface area contributed by atoms with Gasteiger partial charge in [0.05, 0.1) is 11.9 Å². The summed E-state index contributed by atoms with van der Waals surface area (Å²) in [6.45, 7) is 4.99. The number of nitrogen functional groups attached to an aromatic ring is 1. The van der Waals surface area contributed by atoms with Crippen LogP contribution in [0, 0.1) is 6.92 Å². The third-order valence-electron chi connectivity index (χ3n) is 3.12. The third kappa shape index (κ3) is 3.71. The lowest BCUT2D eigenvalue weighted by Crippen LogP contribution is -2.04. The zero-order valence-corrected chi connectivity index (χ0v) is 11.6. The van der Waals surface area contributed by atoms with E-state index in [1.807, 2.05) is 13.0 Å². The molecule has 1 aromatic heterocycles. The second-order valence-corrected chi connectivity index (χ2v) is 4.85. The molecule has 0 atom stereocenters. The van der Waals surface area contributed by atoms with Crippen molar-refractivity contribution in [1.82, 2.24) is 4.98 Å². The van der Waals surface area contributed by atoms with Gasteiger partial charge in [0.25, 0.3) is 0 Å². The summed E-state index contributed by atoms with van der Waals surface area (Å²) in [4.78, 5) is 4.30. The molecule has 0 saturated heterocycles. The summed E-state index contributed by atoms with van der Waals surface area (Å²) < 4.78 is 0. The first-order valence-corrected chi connectivity index (χ1v) is 6.73. The minimum absolute atomic E-state index is 0.701. The molecule has 1 heterocycles. The Bertz CT molecular complexity index is 532. The molecule has 100 valence electrons. The fourth-order valence-electron chi connectivity index (χ4n) is 2.08. The van der Waals surface area contributed by atoms with E-state index in [0.717, 1.165) is 24.3 Å². The molecule has 2 rings (SSSR count).